The predicted molar refractivity (Wildman–Crippen MR) is 78.9 cm³/mol. The molecule has 0 aliphatic carbocycles. The zero-order chi connectivity index (χ0) is 13.5. The molecule has 0 aliphatic heterocycles. The van der Waals surface area contributed by atoms with Gasteiger partial charge < -0.3 is 15.8 Å². The van der Waals surface area contributed by atoms with Crippen LogP contribution in [-0.2, 0) is 6.54 Å². The number of nitrogens with zero attached hydrogens (tertiary/aromatic N) is 1. The van der Waals surface area contributed by atoms with Crippen LogP contribution >= 0.6 is 15.9 Å². The van der Waals surface area contributed by atoms with Gasteiger partial charge in [0.25, 0.3) is 0 Å². The largest absolute Gasteiger partial charge is 0.496 e. The summed E-state index contributed by atoms with van der Waals surface area (Å²) >= 11 is 3.43. The van der Waals surface area contributed by atoms with E-state index in [-0.39, 0.29) is 0 Å². The summed E-state index contributed by atoms with van der Waals surface area (Å²) in [6.45, 7) is 4.67. The number of rotatable bonds is 5. The Labute approximate surface area is 117 Å². The van der Waals surface area contributed by atoms with E-state index < -0.39 is 0 Å². The molecular formula is C13H20BrN3O. The molecule has 18 heavy (non-hydrogen) atoms. The first kappa shape index (κ1) is 14.8. The summed E-state index contributed by atoms with van der Waals surface area (Å²) in [5.41, 5.74) is 6.81. The first-order valence-corrected chi connectivity index (χ1v) is 6.75. The molecule has 0 saturated heterocycles. The second-order valence-corrected chi connectivity index (χ2v) is 5.03. The third-order valence-corrected chi connectivity index (χ3v) is 3.16. The molecule has 0 heterocycles. The van der Waals surface area contributed by atoms with E-state index in [1.54, 1.807) is 7.11 Å². The molecule has 0 spiro atoms. The maximum atomic E-state index is 5.81. The fourth-order valence-electron chi connectivity index (χ4n) is 1.44. The number of methoxy groups -OCH3 is 1. The molecule has 0 bridgehead atoms. The van der Waals surface area contributed by atoms with Gasteiger partial charge in [-0.2, -0.15) is 0 Å². The lowest BCUT2D eigenvalue weighted by molar-refractivity contribution is 0.409. The van der Waals surface area contributed by atoms with E-state index in [4.69, 9.17) is 10.5 Å². The van der Waals surface area contributed by atoms with Crippen LogP contribution in [0.5, 0.6) is 5.75 Å². The minimum Gasteiger partial charge on any atom is -0.496 e. The molecule has 0 aliphatic rings. The number of nitrogens with one attached hydrogen (secondary N) is 1. The molecule has 1 unspecified atom stereocenters. The van der Waals surface area contributed by atoms with Gasteiger partial charge in [0.1, 0.15) is 5.75 Å². The summed E-state index contributed by atoms with van der Waals surface area (Å²) in [6.07, 6.45) is 1.01. The van der Waals surface area contributed by atoms with Crippen molar-refractivity contribution in [3.05, 3.63) is 28.2 Å². The van der Waals surface area contributed by atoms with Gasteiger partial charge in [-0.1, -0.05) is 22.9 Å². The quantitative estimate of drug-likeness (QED) is 0.649. The average molecular weight is 314 g/mol. The van der Waals surface area contributed by atoms with Crippen LogP contribution in [0.1, 0.15) is 25.8 Å². The van der Waals surface area contributed by atoms with Crippen molar-refractivity contribution < 1.29 is 4.74 Å². The molecule has 1 atom stereocenters. The summed E-state index contributed by atoms with van der Waals surface area (Å²) < 4.78 is 6.29. The Morgan fingerprint density at radius 2 is 2.28 bits per heavy atom. The van der Waals surface area contributed by atoms with Gasteiger partial charge in [-0.3, -0.25) is 0 Å². The van der Waals surface area contributed by atoms with Crippen molar-refractivity contribution in [2.75, 3.05) is 7.11 Å². The van der Waals surface area contributed by atoms with Crippen molar-refractivity contribution in [2.24, 2.45) is 10.7 Å². The maximum Gasteiger partial charge on any atom is 0.189 e. The van der Waals surface area contributed by atoms with Crippen LogP contribution in [-0.4, -0.2) is 19.1 Å². The van der Waals surface area contributed by atoms with Crippen LogP contribution in [0.4, 0.5) is 0 Å². The van der Waals surface area contributed by atoms with E-state index in [2.05, 4.69) is 40.1 Å². The van der Waals surface area contributed by atoms with Crippen molar-refractivity contribution in [3.63, 3.8) is 0 Å². The fraction of sp³-hybridized carbons (Fsp3) is 0.462. The second kappa shape index (κ2) is 7.26. The van der Waals surface area contributed by atoms with Gasteiger partial charge in [0.2, 0.25) is 0 Å². The predicted octanol–water partition coefficient (Wildman–Crippen LogP) is 2.66. The van der Waals surface area contributed by atoms with E-state index in [1.807, 2.05) is 18.2 Å². The number of benzene rings is 1. The Kier molecular flexibility index (Phi) is 5.98. The minimum atomic E-state index is 0.332. The summed E-state index contributed by atoms with van der Waals surface area (Å²) in [6, 6.07) is 6.16. The fourth-order valence-corrected chi connectivity index (χ4v) is 1.85. The molecule has 1 rings (SSSR count). The molecular weight excluding hydrogens is 294 g/mol. The molecule has 5 heteroatoms. The molecule has 4 nitrogen and oxygen atoms in total. The van der Waals surface area contributed by atoms with E-state index in [0.717, 1.165) is 22.2 Å². The van der Waals surface area contributed by atoms with Crippen LogP contribution in [0.15, 0.2) is 27.7 Å². The third-order valence-electron chi connectivity index (χ3n) is 2.67. The van der Waals surface area contributed by atoms with E-state index in [9.17, 15) is 0 Å². The smallest absolute Gasteiger partial charge is 0.189 e. The molecule has 1 aromatic carbocycles. The van der Waals surface area contributed by atoms with Gasteiger partial charge >= 0.3 is 0 Å². The molecule has 0 saturated carbocycles. The van der Waals surface area contributed by atoms with E-state index in [1.165, 1.54) is 0 Å². The Bertz CT molecular complexity index is 421. The Morgan fingerprint density at radius 1 is 1.56 bits per heavy atom. The van der Waals surface area contributed by atoms with Crippen LogP contribution in [0.2, 0.25) is 0 Å². The van der Waals surface area contributed by atoms with Crippen LogP contribution < -0.4 is 15.8 Å². The molecule has 3 N–H and O–H groups in total. The number of guanidine groups is 1. The number of ether oxygens (including phenoxy) is 1. The van der Waals surface area contributed by atoms with Gasteiger partial charge in [-0.25, -0.2) is 4.99 Å². The normalized spacial score (nSPS) is 13.2. The van der Waals surface area contributed by atoms with E-state index >= 15 is 0 Å². The van der Waals surface area contributed by atoms with Crippen molar-refractivity contribution in [1.29, 1.82) is 0 Å². The molecule has 1 aromatic rings. The summed E-state index contributed by atoms with van der Waals surface area (Å²) in [7, 11) is 1.65. The first-order valence-electron chi connectivity index (χ1n) is 5.95. The van der Waals surface area contributed by atoms with Crippen molar-refractivity contribution in [3.8, 4) is 5.75 Å². The monoisotopic (exact) mass is 313 g/mol. The molecule has 100 valence electrons. The van der Waals surface area contributed by atoms with Crippen LogP contribution in [0.25, 0.3) is 0 Å². The number of hydrogen-bond donors (Lipinski definition) is 2. The highest BCUT2D eigenvalue weighted by Gasteiger charge is 2.04. The second-order valence-electron chi connectivity index (χ2n) is 4.11. The lowest BCUT2D eigenvalue weighted by Crippen LogP contribution is -2.38. The maximum absolute atomic E-state index is 5.81. The Balaban J connectivity index is 2.72. The topological polar surface area (TPSA) is 59.6 Å². The zero-order valence-corrected chi connectivity index (χ0v) is 12.6. The summed E-state index contributed by atoms with van der Waals surface area (Å²) in [4.78, 5) is 4.31. The molecule has 0 aromatic heterocycles. The summed E-state index contributed by atoms with van der Waals surface area (Å²) in [5.74, 6) is 1.28. The lowest BCUT2D eigenvalue weighted by atomic mass is 10.2. The van der Waals surface area contributed by atoms with Crippen molar-refractivity contribution >= 4 is 21.9 Å². The van der Waals surface area contributed by atoms with Crippen LogP contribution in [0, 0.1) is 0 Å². The molecule has 0 amide bonds. The Hall–Kier alpha value is -1.23. The first-order chi connectivity index (χ1) is 8.56. The minimum absolute atomic E-state index is 0.332. The molecule has 0 fully saturated rings. The average Bonchev–Trinajstić information content (AvgIpc) is 2.36. The van der Waals surface area contributed by atoms with Crippen molar-refractivity contribution in [1.82, 2.24) is 5.32 Å². The van der Waals surface area contributed by atoms with Gasteiger partial charge in [0, 0.05) is 16.1 Å². The zero-order valence-electron chi connectivity index (χ0n) is 11.0. The van der Waals surface area contributed by atoms with Gasteiger partial charge in [0.05, 0.1) is 13.7 Å². The standard InChI is InChI=1S/C13H20BrN3O/c1-4-9(2)17-13(15)16-8-10-7-11(14)5-6-12(10)18-3/h5-7,9H,4,8H2,1-3H3,(H3,15,16,17). The highest BCUT2D eigenvalue weighted by Crippen LogP contribution is 2.23. The highest BCUT2D eigenvalue weighted by atomic mass is 79.9. The third kappa shape index (κ3) is 4.56. The van der Waals surface area contributed by atoms with E-state index in [0.29, 0.717) is 18.5 Å². The number of aliphatic imine (C=N–C) groups is 1. The van der Waals surface area contributed by atoms with Crippen LogP contribution in [0.3, 0.4) is 0 Å². The summed E-state index contributed by atoms with van der Waals surface area (Å²) in [5, 5.41) is 3.13. The van der Waals surface area contributed by atoms with Crippen molar-refractivity contribution in [2.45, 2.75) is 32.9 Å². The highest BCUT2D eigenvalue weighted by molar-refractivity contribution is 9.10. The molecule has 0 radical (unpaired) electrons. The Morgan fingerprint density at radius 3 is 2.89 bits per heavy atom. The SMILES string of the molecule is CCC(C)NC(N)=NCc1cc(Br)ccc1OC. The lowest BCUT2D eigenvalue weighted by Gasteiger charge is -2.12. The number of nitrogens with two attached hydrogens (primary N) is 1. The number of halogens is 1. The van der Waals surface area contributed by atoms with Gasteiger partial charge in [-0.15, -0.1) is 0 Å². The number of hydrogen-bond acceptors (Lipinski definition) is 2. The van der Waals surface area contributed by atoms with Gasteiger partial charge in [0.15, 0.2) is 5.96 Å². The van der Waals surface area contributed by atoms with Gasteiger partial charge in [-0.05, 0) is 31.5 Å².